The average molecular weight is 417 g/mol. The molecule has 1 aliphatic rings. The summed E-state index contributed by atoms with van der Waals surface area (Å²) in [5.74, 6) is 0.419. The van der Waals surface area contributed by atoms with E-state index in [4.69, 9.17) is 26.7 Å². The fraction of sp³-hybridized carbons (Fsp3) is 0.200. The zero-order valence-electron chi connectivity index (χ0n) is 16.6. The molecule has 4 nitrogen and oxygen atoms in total. The SMILES string of the molecule is CC1CCc2c(-c3ccccc3)nc3oc(C(=O)c4ccc(Cl)cc4)c(N)c3c2C1. The molecule has 150 valence electrons. The highest BCUT2D eigenvalue weighted by Gasteiger charge is 2.29. The van der Waals surface area contributed by atoms with Crippen LogP contribution in [0.15, 0.2) is 59.0 Å². The highest BCUT2D eigenvalue weighted by molar-refractivity contribution is 6.30. The van der Waals surface area contributed by atoms with E-state index in [9.17, 15) is 4.79 Å². The summed E-state index contributed by atoms with van der Waals surface area (Å²) >= 11 is 5.96. The van der Waals surface area contributed by atoms with Gasteiger partial charge in [-0.15, -0.1) is 0 Å². The van der Waals surface area contributed by atoms with E-state index in [0.717, 1.165) is 41.5 Å². The first-order chi connectivity index (χ1) is 14.5. The van der Waals surface area contributed by atoms with E-state index in [-0.39, 0.29) is 11.5 Å². The largest absolute Gasteiger partial charge is 0.432 e. The predicted molar refractivity (Wildman–Crippen MR) is 120 cm³/mol. The molecule has 2 aromatic heterocycles. The molecule has 30 heavy (non-hydrogen) atoms. The molecule has 0 fully saturated rings. The van der Waals surface area contributed by atoms with Crippen molar-refractivity contribution in [1.29, 1.82) is 0 Å². The minimum atomic E-state index is -0.263. The van der Waals surface area contributed by atoms with Gasteiger partial charge in [-0.2, -0.15) is 0 Å². The van der Waals surface area contributed by atoms with Crippen molar-refractivity contribution in [3.05, 3.63) is 82.1 Å². The van der Waals surface area contributed by atoms with Crippen LogP contribution in [-0.4, -0.2) is 10.8 Å². The van der Waals surface area contributed by atoms with E-state index in [1.165, 1.54) is 5.56 Å². The van der Waals surface area contributed by atoms with Crippen molar-refractivity contribution >= 4 is 34.2 Å². The summed E-state index contributed by atoms with van der Waals surface area (Å²) in [5, 5.41) is 1.36. The predicted octanol–water partition coefficient (Wildman–Crippen LogP) is 6.09. The maximum Gasteiger partial charge on any atom is 0.230 e. The van der Waals surface area contributed by atoms with Crippen molar-refractivity contribution in [2.24, 2.45) is 5.92 Å². The smallest absolute Gasteiger partial charge is 0.230 e. The summed E-state index contributed by atoms with van der Waals surface area (Å²) in [6.45, 7) is 2.24. The second-order valence-electron chi connectivity index (χ2n) is 7.99. The molecule has 0 amide bonds. The van der Waals surface area contributed by atoms with Crippen molar-refractivity contribution in [2.75, 3.05) is 5.73 Å². The third-order valence-electron chi connectivity index (χ3n) is 5.89. The quantitative estimate of drug-likeness (QED) is 0.410. The Hall–Kier alpha value is -3.11. The summed E-state index contributed by atoms with van der Waals surface area (Å²) in [4.78, 5) is 17.9. The average Bonchev–Trinajstić information content (AvgIpc) is 3.10. The highest BCUT2D eigenvalue weighted by atomic mass is 35.5. The summed E-state index contributed by atoms with van der Waals surface area (Å²) in [5.41, 5.74) is 12.1. The molecule has 4 aromatic rings. The second-order valence-corrected chi connectivity index (χ2v) is 8.43. The van der Waals surface area contributed by atoms with Crippen molar-refractivity contribution in [3.8, 4) is 11.3 Å². The number of anilines is 1. The van der Waals surface area contributed by atoms with E-state index in [2.05, 4.69) is 19.1 Å². The van der Waals surface area contributed by atoms with Gasteiger partial charge in [-0.3, -0.25) is 4.79 Å². The number of hydrogen-bond acceptors (Lipinski definition) is 4. The van der Waals surface area contributed by atoms with Crippen LogP contribution in [0, 0.1) is 5.92 Å². The van der Waals surface area contributed by atoms with E-state index in [0.29, 0.717) is 27.9 Å². The molecule has 0 aliphatic heterocycles. The summed E-state index contributed by atoms with van der Waals surface area (Å²) in [6, 6.07) is 16.8. The molecule has 0 spiro atoms. The molecule has 1 unspecified atom stereocenters. The number of halogens is 1. The lowest BCUT2D eigenvalue weighted by Crippen LogP contribution is -2.14. The number of hydrogen-bond donors (Lipinski definition) is 1. The van der Waals surface area contributed by atoms with Crippen LogP contribution in [0.4, 0.5) is 5.69 Å². The molecular formula is C25H21ClN2O2. The number of carbonyl (C=O) groups excluding carboxylic acids is 1. The maximum absolute atomic E-state index is 13.1. The van der Waals surface area contributed by atoms with E-state index < -0.39 is 0 Å². The third-order valence-corrected chi connectivity index (χ3v) is 6.14. The Morgan fingerprint density at radius 3 is 2.57 bits per heavy atom. The highest BCUT2D eigenvalue weighted by Crippen LogP contribution is 2.41. The topological polar surface area (TPSA) is 69.1 Å². The fourth-order valence-electron chi connectivity index (χ4n) is 4.34. The van der Waals surface area contributed by atoms with Gasteiger partial charge in [0.15, 0.2) is 0 Å². The Bertz CT molecular complexity index is 1260. The zero-order valence-corrected chi connectivity index (χ0v) is 17.4. The molecule has 0 saturated heterocycles. The minimum Gasteiger partial charge on any atom is -0.432 e. The molecule has 0 bridgehead atoms. The first-order valence-corrected chi connectivity index (χ1v) is 10.5. The molecular weight excluding hydrogens is 396 g/mol. The third kappa shape index (κ3) is 3.08. The lowest BCUT2D eigenvalue weighted by molar-refractivity contribution is 0.101. The summed E-state index contributed by atoms with van der Waals surface area (Å²) < 4.78 is 5.99. The number of ketones is 1. The van der Waals surface area contributed by atoms with Gasteiger partial charge in [-0.05, 0) is 60.6 Å². The molecule has 2 aromatic carbocycles. The van der Waals surface area contributed by atoms with Crippen molar-refractivity contribution in [1.82, 2.24) is 4.98 Å². The number of nitrogens with two attached hydrogens (primary N) is 1. The van der Waals surface area contributed by atoms with Crippen LogP contribution in [0.2, 0.25) is 5.02 Å². The molecule has 0 radical (unpaired) electrons. The maximum atomic E-state index is 13.1. The van der Waals surface area contributed by atoms with Crippen molar-refractivity contribution < 1.29 is 9.21 Å². The Morgan fingerprint density at radius 2 is 1.83 bits per heavy atom. The first-order valence-electron chi connectivity index (χ1n) is 10.1. The minimum absolute atomic E-state index is 0.144. The van der Waals surface area contributed by atoms with Gasteiger partial charge in [0, 0.05) is 16.1 Å². The number of rotatable bonds is 3. The van der Waals surface area contributed by atoms with Gasteiger partial charge < -0.3 is 10.2 Å². The van der Waals surface area contributed by atoms with Crippen LogP contribution in [0.5, 0.6) is 0 Å². The van der Waals surface area contributed by atoms with Crippen LogP contribution in [0.25, 0.3) is 22.4 Å². The molecule has 0 saturated carbocycles. The lowest BCUT2D eigenvalue weighted by atomic mass is 9.81. The molecule has 5 heteroatoms. The van der Waals surface area contributed by atoms with Gasteiger partial charge in [0.25, 0.3) is 0 Å². The van der Waals surface area contributed by atoms with E-state index in [1.807, 2.05) is 18.2 Å². The monoisotopic (exact) mass is 416 g/mol. The number of carbonyl (C=O) groups is 1. The van der Waals surface area contributed by atoms with Crippen LogP contribution in [-0.2, 0) is 12.8 Å². The van der Waals surface area contributed by atoms with Gasteiger partial charge in [0.2, 0.25) is 17.3 Å². The normalized spacial score (nSPS) is 15.9. The molecule has 1 aliphatic carbocycles. The Kier molecular flexibility index (Phi) is 4.59. The van der Waals surface area contributed by atoms with E-state index in [1.54, 1.807) is 24.3 Å². The van der Waals surface area contributed by atoms with Crippen LogP contribution >= 0.6 is 11.6 Å². The van der Waals surface area contributed by atoms with Gasteiger partial charge in [0.05, 0.1) is 16.8 Å². The number of nitrogens with zero attached hydrogens (tertiary/aromatic N) is 1. The Morgan fingerprint density at radius 1 is 1.10 bits per heavy atom. The number of nitrogen functional groups attached to an aromatic ring is 1. The molecule has 5 rings (SSSR count). The number of pyridine rings is 1. The standard InChI is InChI=1S/C25H21ClN2O2/c1-14-7-12-18-19(13-14)20-21(27)24(23(29)16-8-10-17(26)11-9-16)30-25(20)28-22(18)15-5-3-2-4-6-15/h2-6,8-11,14H,7,12-13,27H2,1H3. The van der Waals surface area contributed by atoms with Crippen LogP contribution in [0.3, 0.4) is 0 Å². The molecule has 2 N–H and O–H groups in total. The van der Waals surface area contributed by atoms with Crippen molar-refractivity contribution in [2.45, 2.75) is 26.2 Å². The Labute approximate surface area is 179 Å². The number of fused-ring (bicyclic) bond motifs is 3. The van der Waals surface area contributed by atoms with Crippen LogP contribution < -0.4 is 5.73 Å². The van der Waals surface area contributed by atoms with Crippen molar-refractivity contribution in [3.63, 3.8) is 0 Å². The lowest BCUT2D eigenvalue weighted by Gasteiger charge is -2.24. The molecule has 1 atom stereocenters. The molecule has 2 heterocycles. The number of furan rings is 1. The van der Waals surface area contributed by atoms with Gasteiger partial charge in [-0.1, -0.05) is 48.9 Å². The zero-order chi connectivity index (χ0) is 20.8. The van der Waals surface area contributed by atoms with Crippen LogP contribution in [0.1, 0.15) is 40.6 Å². The van der Waals surface area contributed by atoms with E-state index >= 15 is 0 Å². The van der Waals surface area contributed by atoms with Gasteiger partial charge in [-0.25, -0.2) is 4.98 Å². The fourth-order valence-corrected chi connectivity index (χ4v) is 4.46. The number of aromatic nitrogens is 1. The van der Waals surface area contributed by atoms with Gasteiger partial charge in [0.1, 0.15) is 0 Å². The second kappa shape index (κ2) is 7.29. The van der Waals surface area contributed by atoms with Gasteiger partial charge >= 0.3 is 0 Å². The first kappa shape index (κ1) is 18.9. The Balaban J connectivity index is 1.73. The number of benzene rings is 2. The summed E-state index contributed by atoms with van der Waals surface area (Å²) in [6.07, 6.45) is 2.94. The summed E-state index contributed by atoms with van der Waals surface area (Å²) in [7, 11) is 0.